The summed E-state index contributed by atoms with van der Waals surface area (Å²) in [5.74, 6) is -1.85. The molecule has 1 aromatic carbocycles. The summed E-state index contributed by atoms with van der Waals surface area (Å²) in [6, 6.07) is 3.69. The van der Waals surface area contributed by atoms with E-state index in [4.69, 9.17) is 0 Å². The van der Waals surface area contributed by atoms with Crippen LogP contribution in [0.2, 0.25) is 0 Å². The second-order valence-electron chi connectivity index (χ2n) is 5.60. The molecular formula is C15H14F3N5O2S. The van der Waals surface area contributed by atoms with Gasteiger partial charge in [0.05, 0.1) is 23.5 Å². The van der Waals surface area contributed by atoms with Crippen molar-refractivity contribution in [2.45, 2.75) is 23.8 Å². The van der Waals surface area contributed by atoms with E-state index in [1.54, 1.807) is 17.7 Å². The van der Waals surface area contributed by atoms with Crippen LogP contribution in [0.15, 0.2) is 35.7 Å². The number of nitrogens with zero attached hydrogens (tertiary/aromatic N) is 4. The fourth-order valence-electron chi connectivity index (χ4n) is 2.59. The molecule has 1 aromatic heterocycles. The largest absolute Gasteiger partial charge is 0.409 e. The van der Waals surface area contributed by atoms with Crippen LogP contribution in [0.25, 0.3) is 0 Å². The highest BCUT2D eigenvalue weighted by Gasteiger charge is 2.48. The summed E-state index contributed by atoms with van der Waals surface area (Å²) in [5.41, 5.74) is 0.186. The van der Waals surface area contributed by atoms with Gasteiger partial charge in [-0.2, -0.15) is 13.2 Å². The van der Waals surface area contributed by atoms with Crippen LogP contribution in [-0.4, -0.2) is 44.5 Å². The molecule has 0 unspecified atom stereocenters. The first-order valence-corrected chi connectivity index (χ1v) is 8.50. The number of alkyl halides is 3. The van der Waals surface area contributed by atoms with Gasteiger partial charge in [-0.25, -0.2) is 0 Å². The molecule has 1 aliphatic heterocycles. The summed E-state index contributed by atoms with van der Waals surface area (Å²) >= 11 is 0.976. The predicted octanol–water partition coefficient (Wildman–Crippen LogP) is 2.21. The number of benzene rings is 1. The zero-order valence-electron chi connectivity index (χ0n) is 13.5. The molecular weight excluding hydrogens is 371 g/mol. The summed E-state index contributed by atoms with van der Waals surface area (Å²) in [5, 5.41) is 10.3. The Bertz CT molecular complexity index is 839. The maximum atomic E-state index is 13.6. The van der Waals surface area contributed by atoms with Crippen LogP contribution in [0.5, 0.6) is 0 Å². The molecule has 1 aliphatic rings. The van der Waals surface area contributed by atoms with E-state index in [1.807, 2.05) is 0 Å². The number of carbonyl (C=O) groups is 2. The third-order valence-corrected chi connectivity index (χ3v) is 4.79. The Morgan fingerprint density at radius 2 is 2.12 bits per heavy atom. The maximum absolute atomic E-state index is 13.6. The van der Waals surface area contributed by atoms with E-state index in [-0.39, 0.29) is 17.1 Å². The van der Waals surface area contributed by atoms with Crippen molar-refractivity contribution in [3.8, 4) is 0 Å². The van der Waals surface area contributed by atoms with Gasteiger partial charge in [0, 0.05) is 7.05 Å². The second kappa shape index (κ2) is 6.98. The third kappa shape index (κ3) is 3.66. The number of hydrogen-bond donors (Lipinski definition) is 1. The Balaban J connectivity index is 1.94. The normalized spacial score (nSPS) is 17.5. The average Bonchev–Trinajstić information content (AvgIpc) is 2.90. The SMILES string of the molecule is Cn1cnnc1SCC(=O)N1c2ccccc2NC(=O)C[C@H]1C(F)(F)F. The summed E-state index contributed by atoms with van der Waals surface area (Å²) in [6.45, 7) is 0. The van der Waals surface area contributed by atoms with Gasteiger partial charge in [0.1, 0.15) is 12.4 Å². The zero-order valence-corrected chi connectivity index (χ0v) is 14.3. The monoisotopic (exact) mass is 385 g/mol. The molecule has 26 heavy (non-hydrogen) atoms. The van der Waals surface area contributed by atoms with Crippen molar-refractivity contribution in [2.75, 3.05) is 16.0 Å². The van der Waals surface area contributed by atoms with Gasteiger partial charge in [0.2, 0.25) is 11.8 Å². The molecule has 0 bridgehead atoms. The zero-order chi connectivity index (χ0) is 18.9. The van der Waals surface area contributed by atoms with Gasteiger partial charge < -0.3 is 9.88 Å². The van der Waals surface area contributed by atoms with Gasteiger partial charge in [-0.05, 0) is 12.1 Å². The van der Waals surface area contributed by atoms with Gasteiger partial charge in [0.15, 0.2) is 5.16 Å². The molecule has 0 saturated heterocycles. The maximum Gasteiger partial charge on any atom is 0.409 e. The number of aryl methyl sites for hydroxylation is 1. The topological polar surface area (TPSA) is 80.1 Å². The molecule has 2 aromatic rings. The Kier molecular flexibility index (Phi) is 4.90. The van der Waals surface area contributed by atoms with Crippen LogP contribution >= 0.6 is 11.8 Å². The number of nitrogens with one attached hydrogen (secondary N) is 1. The fourth-order valence-corrected chi connectivity index (χ4v) is 3.34. The number of anilines is 2. The summed E-state index contributed by atoms with van der Waals surface area (Å²) in [7, 11) is 1.66. The lowest BCUT2D eigenvalue weighted by Gasteiger charge is -2.31. The first-order chi connectivity index (χ1) is 12.3. The molecule has 0 aliphatic carbocycles. The number of rotatable bonds is 3. The van der Waals surface area contributed by atoms with Crippen LogP contribution in [0.3, 0.4) is 0 Å². The molecule has 1 N–H and O–H groups in total. The van der Waals surface area contributed by atoms with Crippen molar-refractivity contribution in [1.82, 2.24) is 14.8 Å². The summed E-state index contributed by atoms with van der Waals surface area (Å²) < 4.78 is 42.3. The standard InChI is InChI=1S/C15H14F3N5O2S/c1-22-8-19-21-14(22)26-7-13(25)23-10-5-3-2-4-9(10)20-12(24)6-11(23)15(16,17)18/h2-5,8,11H,6-7H2,1H3,(H,20,24)/t11-/m0/s1. The Hall–Kier alpha value is -2.56. The number of halogens is 3. The van der Waals surface area contributed by atoms with E-state index >= 15 is 0 Å². The minimum Gasteiger partial charge on any atom is -0.324 e. The minimum absolute atomic E-state index is 0.0178. The van der Waals surface area contributed by atoms with Crippen molar-refractivity contribution in [2.24, 2.45) is 7.05 Å². The van der Waals surface area contributed by atoms with Crippen molar-refractivity contribution in [1.29, 1.82) is 0 Å². The summed E-state index contributed by atoms with van der Waals surface area (Å²) in [4.78, 5) is 25.2. The molecule has 138 valence electrons. The van der Waals surface area contributed by atoms with Crippen molar-refractivity contribution >= 4 is 35.0 Å². The molecule has 2 heterocycles. The number of carbonyl (C=O) groups excluding carboxylic acids is 2. The van der Waals surface area contributed by atoms with Gasteiger partial charge >= 0.3 is 6.18 Å². The average molecular weight is 385 g/mol. The number of aromatic nitrogens is 3. The Morgan fingerprint density at radius 3 is 2.77 bits per heavy atom. The smallest absolute Gasteiger partial charge is 0.324 e. The highest BCUT2D eigenvalue weighted by Crippen LogP contribution is 2.38. The summed E-state index contributed by atoms with van der Waals surface area (Å²) in [6.07, 6.45) is -4.19. The lowest BCUT2D eigenvalue weighted by atomic mass is 10.1. The van der Waals surface area contributed by atoms with Crippen LogP contribution in [0.4, 0.5) is 24.5 Å². The van der Waals surface area contributed by atoms with E-state index in [0.717, 1.165) is 11.8 Å². The van der Waals surface area contributed by atoms with E-state index in [1.165, 1.54) is 24.5 Å². The molecule has 2 amide bonds. The Morgan fingerprint density at radius 1 is 1.38 bits per heavy atom. The molecule has 0 fully saturated rings. The molecule has 11 heteroatoms. The molecule has 0 saturated carbocycles. The van der Waals surface area contributed by atoms with Crippen molar-refractivity contribution < 1.29 is 22.8 Å². The van der Waals surface area contributed by atoms with E-state index < -0.39 is 30.5 Å². The van der Waals surface area contributed by atoms with Crippen LogP contribution in [0.1, 0.15) is 6.42 Å². The number of fused-ring (bicyclic) bond motifs is 1. The first kappa shape index (κ1) is 18.2. The third-order valence-electron chi connectivity index (χ3n) is 3.77. The highest BCUT2D eigenvalue weighted by atomic mass is 32.2. The van der Waals surface area contributed by atoms with E-state index in [9.17, 15) is 22.8 Å². The number of para-hydroxylation sites is 2. The minimum atomic E-state index is -4.75. The van der Waals surface area contributed by atoms with Crippen LogP contribution in [-0.2, 0) is 16.6 Å². The van der Waals surface area contributed by atoms with Gasteiger partial charge in [-0.3, -0.25) is 14.5 Å². The van der Waals surface area contributed by atoms with Gasteiger partial charge in [0.25, 0.3) is 0 Å². The molecule has 7 nitrogen and oxygen atoms in total. The highest BCUT2D eigenvalue weighted by molar-refractivity contribution is 7.99. The van der Waals surface area contributed by atoms with Crippen molar-refractivity contribution in [3.05, 3.63) is 30.6 Å². The number of hydrogen-bond acceptors (Lipinski definition) is 5. The quantitative estimate of drug-likeness (QED) is 0.820. The van der Waals surface area contributed by atoms with Gasteiger partial charge in [-0.15, -0.1) is 10.2 Å². The molecule has 0 radical (unpaired) electrons. The predicted molar refractivity (Wildman–Crippen MR) is 88.7 cm³/mol. The molecule has 1 atom stereocenters. The molecule has 0 spiro atoms. The molecule has 3 rings (SSSR count). The second-order valence-corrected chi connectivity index (χ2v) is 6.55. The number of thioether (sulfide) groups is 1. The van der Waals surface area contributed by atoms with E-state index in [2.05, 4.69) is 15.5 Å². The van der Waals surface area contributed by atoms with Crippen LogP contribution in [0, 0.1) is 0 Å². The van der Waals surface area contributed by atoms with Crippen LogP contribution < -0.4 is 10.2 Å². The Labute approximate surface area is 150 Å². The number of amides is 2. The van der Waals surface area contributed by atoms with Gasteiger partial charge in [-0.1, -0.05) is 23.9 Å². The first-order valence-electron chi connectivity index (χ1n) is 7.52. The fraction of sp³-hybridized carbons (Fsp3) is 0.333. The van der Waals surface area contributed by atoms with Crippen molar-refractivity contribution in [3.63, 3.8) is 0 Å². The van der Waals surface area contributed by atoms with E-state index in [0.29, 0.717) is 10.1 Å². The lowest BCUT2D eigenvalue weighted by molar-refractivity contribution is -0.157. The lowest BCUT2D eigenvalue weighted by Crippen LogP contribution is -2.50.